The van der Waals surface area contributed by atoms with Gasteiger partial charge in [-0.1, -0.05) is 12.1 Å². The molecule has 0 aromatic heterocycles. The number of amides is 1. The van der Waals surface area contributed by atoms with Gasteiger partial charge in [-0.25, -0.2) is 4.79 Å². The Hall–Kier alpha value is -1.75. The van der Waals surface area contributed by atoms with E-state index >= 15 is 0 Å². The lowest BCUT2D eigenvalue weighted by molar-refractivity contribution is 0.0139. The van der Waals surface area contributed by atoms with Crippen molar-refractivity contribution in [2.75, 3.05) is 14.2 Å². The predicted octanol–water partition coefficient (Wildman–Crippen LogP) is 1.13. The molecule has 1 amide bonds. The summed E-state index contributed by atoms with van der Waals surface area (Å²) in [6.45, 7) is 0. The van der Waals surface area contributed by atoms with E-state index in [1.165, 1.54) is 14.2 Å². The molecular weight excluding hydrogens is 198 g/mol. The first kappa shape index (κ1) is 9.79. The molecule has 1 aromatic rings. The van der Waals surface area contributed by atoms with Gasteiger partial charge in [-0.15, -0.1) is 0 Å². The predicted molar refractivity (Wildman–Crippen MR) is 51.7 cm³/mol. The van der Waals surface area contributed by atoms with Crippen molar-refractivity contribution < 1.29 is 19.4 Å². The number of ether oxygens (including phenoxy) is 2. The van der Waals surface area contributed by atoms with Crippen molar-refractivity contribution in [1.29, 1.82) is 0 Å². The Morgan fingerprint density at radius 3 is 2.93 bits per heavy atom. The molecule has 1 aliphatic heterocycles. The average molecular weight is 209 g/mol. The number of fused-ring (bicyclic) bond motifs is 1. The van der Waals surface area contributed by atoms with E-state index in [-0.39, 0.29) is 5.75 Å². The first-order valence-electron chi connectivity index (χ1n) is 4.44. The molecule has 5 nitrogen and oxygen atoms in total. The number of carbonyl (C=O) groups excluding carboxylic acids is 1. The lowest BCUT2D eigenvalue weighted by atomic mass is 10.1. The lowest BCUT2D eigenvalue weighted by Crippen LogP contribution is -2.37. The summed E-state index contributed by atoms with van der Waals surface area (Å²) in [5.74, 6) is 0.726. The molecule has 1 heterocycles. The molecule has 0 radical (unpaired) electrons. The summed E-state index contributed by atoms with van der Waals surface area (Å²) in [4.78, 5) is 12.4. The zero-order valence-corrected chi connectivity index (χ0v) is 8.43. The minimum atomic E-state index is -0.989. The first-order valence-corrected chi connectivity index (χ1v) is 4.44. The maximum Gasteiger partial charge on any atom is 0.417 e. The SMILES string of the molecule is COc1cccc2c1OC(=O)N(C)C2O. The number of hydrogen-bond acceptors (Lipinski definition) is 4. The molecule has 0 saturated carbocycles. The van der Waals surface area contributed by atoms with Crippen molar-refractivity contribution in [3.8, 4) is 11.5 Å². The number of para-hydroxylation sites is 1. The fourth-order valence-electron chi connectivity index (χ4n) is 1.47. The minimum Gasteiger partial charge on any atom is -0.493 e. The highest BCUT2D eigenvalue weighted by molar-refractivity contribution is 5.75. The molecule has 0 aliphatic carbocycles. The number of aliphatic hydroxyl groups excluding tert-OH is 1. The second kappa shape index (κ2) is 3.43. The summed E-state index contributed by atoms with van der Waals surface area (Å²) in [7, 11) is 2.95. The molecular formula is C10H11NO4. The summed E-state index contributed by atoms with van der Waals surface area (Å²) in [5.41, 5.74) is 0.524. The highest BCUT2D eigenvalue weighted by Crippen LogP contribution is 2.39. The molecule has 0 fully saturated rings. The van der Waals surface area contributed by atoms with Crippen molar-refractivity contribution in [3.05, 3.63) is 23.8 Å². The number of aliphatic hydroxyl groups is 1. The van der Waals surface area contributed by atoms with Gasteiger partial charge in [-0.3, -0.25) is 4.90 Å². The standard InChI is InChI=1S/C10H11NO4/c1-11-9(12)6-4-3-5-7(14-2)8(6)15-10(11)13/h3-5,9,12H,1-2H3. The van der Waals surface area contributed by atoms with E-state index in [9.17, 15) is 9.90 Å². The third-order valence-electron chi connectivity index (χ3n) is 2.35. The highest BCUT2D eigenvalue weighted by atomic mass is 16.6. The van der Waals surface area contributed by atoms with E-state index in [4.69, 9.17) is 9.47 Å². The molecule has 1 unspecified atom stereocenters. The van der Waals surface area contributed by atoms with Gasteiger partial charge in [-0.05, 0) is 6.07 Å². The van der Waals surface area contributed by atoms with E-state index in [0.717, 1.165) is 4.90 Å². The van der Waals surface area contributed by atoms with E-state index < -0.39 is 12.3 Å². The molecule has 1 atom stereocenters. The van der Waals surface area contributed by atoms with Crippen LogP contribution in [-0.2, 0) is 0 Å². The van der Waals surface area contributed by atoms with Crippen LogP contribution in [0.1, 0.15) is 11.8 Å². The van der Waals surface area contributed by atoms with Gasteiger partial charge in [0.2, 0.25) is 0 Å². The number of carbonyl (C=O) groups is 1. The van der Waals surface area contributed by atoms with Gasteiger partial charge in [0.05, 0.1) is 7.11 Å². The Balaban J connectivity index is 2.54. The van der Waals surface area contributed by atoms with Crippen molar-refractivity contribution in [2.45, 2.75) is 6.23 Å². The average Bonchev–Trinajstić information content (AvgIpc) is 2.25. The molecule has 1 aromatic carbocycles. The normalized spacial score (nSPS) is 19.5. The fourth-order valence-corrected chi connectivity index (χ4v) is 1.47. The van der Waals surface area contributed by atoms with Crippen LogP contribution < -0.4 is 9.47 Å². The Morgan fingerprint density at radius 2 is 2.27 bits per heavy atom. The fraction of sp³-hybridized carbons (Fsp3) is 0.300. The van der Waals surface area contributed by atoms with Gasteiger partial charge in [0.15, 0.2) is 17.7 Å². The highest BCUT2D eigenvalue weighted by Gasteiger charge is 2.32. The monoisotopic (exact) mass is 209 g/mol. The Labute approximate surface area is 86.8 Å². The molecule has 15 heavy (non-hydrogen) atoms. The Morgan fingerprint density at radius 1 is 1.53 bits per heavy atom. The topological polar surface area (TPSA) is 59.0 Å². The van der Waals surface area contributed by atoms with Crippen LogP contribution in [0, 0.1) is 0 Å². The number of nitrogens with zero attached hydrogens (tertiary/aromatic N) is 1. The maximum absolute atomic E-state index is 11.3. The van der Waals surface area contributed by atoms with Crippen LogP contribution in [-0.4, -0.2) is 30.3 Å². The van der Waals surface area contributed by atoms with Crippen molar-refractivity contribution >= 4 is 6.09 Å². The summed E-state index contributed by atoms with van der Waals surface area (Å²) in [5, 5.41) is 9.79. The van der Waals surface area contributed by atoms with Crippen molar-refractivity contribution in [1.82, 2.24) is 4.90 Å². The largest absolute Gasteiger partial charge is 0.493 e. The van der Waals surface area contributed by atoms with Gasteiger partial charge in [-0.2, -0.15) is 0 Å². The Bertz CT molecular complexity index is 404. The minimum absolute atomic E-state index is 0.288. The van der Waals surface area contributed by atoms with E-state index in [2.05, 4.69) is 0 Å². The molecule has 2 rings (SSSR count). The van der Waals surface area contributed by atoms with Crippen molar-refractivity contribution in [3.63, 3.8) is 0 Å². The van der Waals surface area contributed by atoms with Crippen LogP contribution in [0.5, 0.6) is 11.5 Å². The number of hydrogen-bond donors (Lipinski definition) is 1. The molecule has 0 saturated heterocycles. The summed E-state index contributed by atoms with van der Waals surface area (Å²) in [6.07, 6.45) is -1.59. The third kappa shape index (κ3) is 1.41. The first-order chi connectivity index (χ1) is 7.15. The lowest BCUT2D eigenvalue weighted by Gasteiger charge is -2.30. The smallest absolute Gasteiger partial charge is 0.417 e. The van der Waals surface area contributed by atoms with Crippen LogP contribution in [0.15, 0.2) is 18.2 Å². The molecule has 0 spiro atoms. The van der Waals surface area contributed by atoms with Crippen LogP contribution in [0.2, 0.25) is 0 Å². The molecule has 80 valence electrons. The quantitative estimate of drug-likeness (QED) is 0.753. The summed E-state index contributed by atoms with van der Waals surface area (Å²) in [6, 6.07) is 5.09. The van der Waals surface area contributed by atoms with Crippen molar-refractivity contribution in [2.24, 2.45) is 0 Å². The van der Waals surface area contributed by atoms with Gasteiger partial charge >= 0.3 is 6.09 Å². The molecule has 1 N–H and O–H groups in total. The van der Waals surface area contributed by atoms with Crippen LogP contribution in [0.3, 0.4) is 0 Å². The molecule has 0 bridgehead atoms. The third-order valence-corrected chi connectivity index (χ3v) is 2.35. The van der Waals surface area contributed by atoms with Gasteiger partial charge in [0.1, 0.15) is 0 Å². The van der Waals surface area contributed by atoms with Gasteiger partial charge in [0.25, 0.3) is 0 Å². The zero-order valence-electron chi connectivity index (χ0n) is 8.43. The van der Waals surface area contributed by atoms with Crippen LogP contribution in [0.25, 0.3) is 0 Å². The van der Waals surface area contributed by atoms with Gasteiger partial charge < -0.3 is 14.6 Å². The number of rotatable bonds is 1. The summed E-state index contributed by atoms with van der Waals surface area (Å²) >= 11 is 0. The number of benzene rings is 1. The van der Waals surface area contributed by atoms with E-state index in [0.29, 0.717) is 11.3 Å². The van der Waals surface area contributed by atoms with Gasteiger partial charge in [0, 0.05) is 12.6 Å². The van der Waals surface area contributed by atoms with E-state index in [1.54, 1.807) is 18.2 Å². The van der Waals surface area contributed by atoms with E-state index in [1.807, 2.05) is 0 Å². The summed E-state index contributed by atoms with van der Waals surface area (Å²) < 4.78 is 10.1. The second-order valence-electron chi connectivity index (χ2n) is 3.23. The second-order valence-corrected chi connectivity index (χ2v) is 3.23. The van der Waals surface area contributed by atoms with Crippen LogP contribution in [0.4, 0.5) is 4.79 Å². The van der Waals surface area contributed by atoms with Crippen LogP contribution >= 0.6 is 0 Å². The maximum atomic E-state index is 11.3. The zero-order chi connectivity index (χ0) is 11.0. The molecule has 5 heteroatoms. The Kier molecular flexibility index (Phi) is 2.24. The number of methoxy groups -OCH3 is 1. The molecule has 1 aliphatic rings.